The second kappa shape index (κ2) is 4.98. The lowest BCUT2D eigenvalue weighted by atomic mass is 9.99. The van der Waals surface area contributed by atoms with Crippen molar-refractivity contribution >= 4 is 27.9 Å². The number of carboxylic acid groups (broad SMARTS) is 1. The first-order valence-corrected chi connectivity index (χ1v) is 6.70. The summed E-state index contributed by atoms with van der Waals surface area (Å²) in [4.78, 5) is 24.4. The lowest BCUT2D eigenvalue weighted by Crippen LogP contribution is -2.08. The molecule has 0 aliphatic rings. The topological polar surface area (TPSA) is 67.5 Å². The largest absolute Gasteiger partial charge is 0.481 e. The van der Waals surface area contributed by atoms with Crippen molar-refractivity contribution in [3.05, 3.63) is 56.7 Å². The monoisotopic (exact) mass is 300 g/mol. The maximum Gasteiger partial charge on any atom is 0.307 e. The Labute approximate surface area is 132 Å². The first-order chi connectivity index (χ1) is 12.0. The molecule has 112 valence electrons. The van der Waals surface area contributed by atoms with Gasteiger partial charge >= 0.3 is 5.97 Å². The number of hydrogen-bond acceptors (Lipinski definition) is 3. The Hall–Kier alpha value is -2.62. The van der Waals surface area contributed by atoms with Gasteiger partial charge in [-0.1, -0.05) is 12.1 Å². The van der Waals surface area contributed by atoms with Crippen molar-refractivity contribution in [3.8, 4) is 0 Å². The van der Waals surface area contributed by atoms with Crippen LogP contribution in [0.4, 0.5) is 0 Å². The Kier molecular flexibility index (Phi) is 2.30. The van der Waals surface area contributed by atoms with Crippen LogP contribution in [0, 0.1) is 20.8 Å². The number of carbonyl (C=O) groups is 1. The molecule has 3 aromatic rings. The third-order valence-electron chi connectivity index (χ3n) is 3.78. The zero-order valence-electron chi connectivity index (χ0n) is 16.3. The molecule has 1 N–H and O–H groups in total. The third-order valence-corrected chi connectivity index (χ3v) is 3.78. The van der Waals surface area contributed by atoms with E-state index in [0.29, 0.717) is 16.7 Å². The van der Waals surface area contributed by atoms with Gasteiger partial charge in [0.25, 0.3) is 0 Å². The Bertz CT molecular complexity index is 1160. The highest BCUT2D eigenvalue weighted by atomic mass is 16.4. The van der Waals surface area contributed by atoms with Crippen LogP contribution in [0.1, 0.15) is 27.7 Å². The first-order valence-electron chi connectivity index (χ1n) is 8.70. The normalized spacial score (nSPS) is 14.5. The molecule has 0 radical (unpaired) electrons. The van der Waals surface area contributed by atoms with E-state index in [0.717, 1.165) is 0 Å². The molecule has 0 amide bonds. The van der Waals surface area contributed by atoms with Gasteiger partial charge in [-0.2, -0.15) is 0 Å². The molecule has 0 fully saturated rings. The molecule has 0 saturated heterocycles. The summed E-state index contributed by atoms with van der Waals surface area (Å²) in [5.74, 6) is -1.69. The summed E-state index contributed by atoms with van der Waals surface area (Å²) in [5, 5.41) is 9.22. The number of carboxylic acids is 1. The maximum atomic E-state index is 13.0. The Morgan fingerprint density at radius 3 is 2.59 bits per heavy atom. The van der Waals surface area contributed by atoms with Crippen molar-refractivity contribution in [2.24, 2.45) is 0 Å². The standard InChI is InChI=1S/C18H16O4/c1-9-4-6-12-16(21)13-7-5-10(2)14(8-15(19)20)18(13)22-17(12)11(9)3/h4-7H,8H2,1-3H3,(H,19,20)/i4D,6D,8D2. The average Bonchev–Trinajstić information content (AvgIpc) is 2.57. The van der Waals surface area contributed by atoms with Gasteiger partial charge in [0.15, 0.2) is 0 Å². The fourth-order valence-electron chi connectivity index (χ4n) is 2.42. The Morgan fingerprint density at radius 2 is 1.91 bits per heavy atom. The van der Waals surface area contributed by atoms with Crippen molar-refractivity contribution in [1.82, 2.24) is 0 Å². The smallest absolute Gasteiger partial charge is 0.307 e. The van der Waals surface area contributed by atoms with Gasteiger partial charge in [0, 0.05) is 8.30 Å². The fourth-order valence-corrected chi connectivity index (χ4v) is 2.42. The molecule has 0 saturated carbocycles. The minimum absolute atomic E-state index is 0.0145. The highest BCUT2D eigenvalue weighted by molar-refractivity contribution is 5.94. The van der Waals surface area contributed by atoms with Gasteiger partial charge in [0.2, 0.25) is 5.43 Å². The minimum Gasteiger partial charge on any atom is -0.481 e. The van der Waals surface area contributed by atoms with E-state index in [-0.39, 0.29) is 39.6 Å². The van der Waals surface area contributed by atoms with E-state index in [1.807, 2.05) is 0 Å². The molecule has 2 aromatic carbocycles. The first kappa shape index (κ1) is 10.2. The number of fused-ring (bicyclic) bond motifs is 2. The van der Waals surface area contributed by atoms with Gasteiger partial charge in [0.1, 0.15) is 11.2 Å². The van der Waals surface area contributed by atoms with Gasteiger partial charge in [-0.25, -0.2) is 0 Å². The van der Waals surface area contributed by atoms with Crippen LogP contribution in [0.5, 0.6) is 0 Å². The van der Waals surface area contributed by atoms with Crippen LogP contribution in [0.15, 0.2) is 33.4 Å². The van der Waals surface area contributed by atoms with Crippen LogP contribution in [0.2, 0.25) is 0 Å². The summed E-state index contributed by atoms with van der Waals surface area (Å²) < 4.78 is 37.8. The van der Waals surface area contributed by atoms with Gasteiger partial charge in [-0.15, -0.1) is 0 Å². The van der Waals surface area contributed by atoms with Crippen molar-refractivity contribution in [3.63, 3.8) is 0 Å². The second-order valence-corrected chi connectivity index (χ2v) is 5.20. The van der Waals surface area contributed by atoms with Crippen LogP contribution in [-0.2, 0) is 11.2 Å². The number of aliphatic carboxylic acids is 1. The maximum absolute atomic E-state index is 13.0. The molecule has 1 heterocycles. The number of rotatable bonds is 2. The number of benzene rings is 2. The molecule has 3 rings (SSSR count). The van der Waals surface area contributed by atoms with E-state index >= 15 is 0 Å². The van der Waals surface area contributed by atoms with Crippen molar-refractivity contribution in [1.29, 1.82) is 0 Å². The van der Waals surface area contributed by atoms with Gasteiger partial charge in [-0.3, -0.25) is 9.59 Å². The quantitative estimate of drug-likeness (QED) is 0.735. The predicted molar refractivity (Wildman–Crippen MR) is 85.5 cm³/mol. The van der Waals surface area contributed by atoms with Gasteiger partial charge in [-0.05, 0) is 49.6 Å². The molecule has 0 spiro atoms. The minimum atomic E-state index is -2.75. The molecule has 0 aliphatic carbocycles. The van der Waals surface area contributed by atoms with Gasteiger partial charge in [0.05, 0.1) is 19.9 Å². The molecule has 22 heavy (non-hydrogen) atoms. The molecule has 0 atom stereocenters. The Morgan fingerprint density at radius 1 is 1.18 bits per heavy atom. The molecule has 4 nitrogen and oxygen atoms in total. The molecule has 4 heteroatoms. The lowest BCUT2D eigenvalue weighted by molar-refractivity contribution is -0.136. The van der Waals surface area contributed by atoms with Crippen LogP contribution < -0.4 is 5.43 Å². The number of aryl methyl sites for hydroxylation is 2. The summed E-state index contributed by atoms with van der Waals surface area (Å²) >= 11 is 0. The Balaban J connectivity index is 2.66. The van der Waals surface area contributed by atoms with E-state index in [1.54, 1.807) is 20.8 Å². The van der Waals surface area contributed by atoms with Crippen LogP contribution in [0.3, 0.4) is 0 Å². The average molecular weight is 300 g/mol. The van der Waals surface area contributed by atoms with Crippen molar-refractivity contribution in [2.45, 2.75) is 27.1 Å². The summed E-state index contributed by atoms with van der Waals surface area (Å²) in [5.41, 5.74) is 0.433. The predicted octanol–water partition coefficient (Wildman–Crippen LogP) is 3.50. The lowest BCUT2D eigenvalue weighted by Gasteiger charge is -2.10. The highest BCUT2D eigenvalue weighted by Crippen LogP contribution is 2.27. The van der Waals surface area contributed by atoms with E-state index < -0.39 is 17.8 Å². The molecule has 0 unspecified atom stereocenters. The highest BCUT2D eigenvalue weighted by Gasteiger charge is 2.16. The fraction of sp³-hybridized carbons (Fsp3) is 0.222. The summed E-state index contributed by atoms with van der Waals surface area (Å²) in [6.07, 6.45) is -2.75. The number of hydrogen-bond donors (Lipinski definition) is 1. The molecule has 0 aliphatic heterocycles. The second-order valence-electron chi connectivity index (χ2n) is 5.20. The van der Waals surface area contributed by atoms with Crippen LogP contribution >= 0.6 is 0 Å². The van der Waals surface area contributed by atoms with E-state index in [9.17, 15) is 14.7 Å². The van der Waals surface area contributed by atoms with Gasteiger partial charge < -0.3 is 9.52 Å². The summed E-state index contributed by atoms with van der Waals surface area (Å²) in [7, 11) is 0. The summed E-state index contributed by atoms with van der Waals surface area (Å²) in [6.45, 7) is 4.82. The van der Waals surface area contributed by atoms with E-state index in [4.69, 9.17) is 9.90 Å². The van der Waals surface area contributed by atoms with E-state index in [2.05, 4.69) is 0 Å². The van der Waals surface area contributed by atoms with Crippen LogP contribution in [-0.4, -0.2) is 11.1 Å². The zero-order chi connectivity index (χ0) is 19.5. The molecular formula is C18H16O4. The van der Waals surface area contributed by atoms with Crippen LogP contribution in [0.25, 0.3) is 21.9 Å². The molecule has 0 bridgehead atoms. The zero-order valence-corrected chi connectivity index (χ0v) is 12.3. The van der Waals surface area contributed by atoms with E-state index in [1.165, 1.54) is 12.1 Å². The SMILES string of the molecule is [2H]c1c(C)c(C)c2oc3c(C([2H])([2H])C(=O)O)c(C)ccc3c(=O)c2c1[2H]. The van der Waals surface area contributed by atoms with Crippen molar-refractivity contribution < 1.29 is 19.8 Å². The van der Waals surface area contributed by atoms with Crippen molar-refractivity contribution in [2.75, 3.05) is 0 Å². The summed E-state index contributed by atoms with van der Waals surface area (Å²) in [6, 6.07) is 2.54. The molecule has 1 aromatic heterocycles. The third kappa shape index (κ3) is 2.08. The molecular weight excluding hydrogens is 280 g/mol.